The van der Waals surface area contributed by atoms with E-state index in [1.54, 1.807) is 18.2 Å². The van der Waals surface area contributed by atoms with Gasteiger partial charge in [-0.25, -0.2) is 4.79 Å². The van der Waals surface area contributed by atoms with Crippen LogP contribution in [0, 0.1) is 5.92 Å². The van der Waals surface area contributed by atoms with E-state index in [0.717, 1.165) is 25.9 Å². The lowest BCUT2D eigenvalue weighted by molar-refractivity contribution is -0.0493. The molecule has 2 amide bonds. The Bertz CT molecular complexity index is 570. The molecule has 1 aromatic rings. The topological polar surface area (TPSA) is 44.8 Å². The Morgan fingerprint density at radius 1 is 1.30 bits per heavy atom. The fraction of sp³-hybridized carbons (Fsp3) is 0.562. The van der Waals surface area contributed by atoms with Crippen LogP contribution >= 0.6 is 0 Å². The highest BCUT2D eigenvalue weighted by atomic mass is 19.3. The van der Waals surface area contributed by atoms with Crippen LogP contribution in [-0.2, 0) is 0 Å². The molecule has 0 spiro atoms. The third-order valence-electron chi connectivity index (χ3n) is 4.67. The highest BCUT2D eigenvalue weighted by molar-refractivity contribution is 5.91. The minimum atomic E-state index is -2.92. The van der Waals surface area contributed by atoms with E-state index < -0.39 is 6.61 Å². The largest absolute Gasteiger partial charge is 0.433 e. The van der Waals surface area contributed by atoms with E-state index in [0.29, 0.717) is 12.5 Å². The van der Waals surface area contributed by atoms with E-state index in [-0.39, 0.29) is 23.5 Å². The number of amides is 2. The molecule has 7 heteroatoms. The van der Waals surface area contributed by atoms with E-state index >= 15 is 0 Å². The van der Waals surface area contributed by atoms with Gasteiger partial charge in [0.25, 0.3) is 0 Å². The Kier molecular flexibility index (Phi) is 4.66. The van der Waals surface area contributed by atoms with Gasteiger partial charge in [-0.15, -0.1) is 0 Å². The average molecular weight is 325 g/mol. The third-order valence-corrected chi connectivity index (χ3v) is 4.67. The normalized spacial score (nSPS) is 24.6. The molecule has 23 heavy (non-hydrogen) atoms. The summed E-state index contributed by atoms with van der Waals surface area (Å²) in [6.07, 6.45) is 2.09. The van der Waals surface area contributed by atoms with Gasteiger partial charge in [-0.3, -0.25) is 0 Å². The third kappa shape index (κ3) is 3.55. The number of nitrogens with zero attached hydrogens (tertiary/aromatic N) is 2. The first-order valence-electron chi connectivity index (χ1n) is 7.84. The number of anilines is 1. The highest BCUT2D eigenvalue weighted by Crippen LogP contribution is 2.32. The first-order valence-corrected chi connectivity index (χ1v) is 7.84. The van der Waals surface area contributed by atoms with Crippen LogP contribution in [0.2, 0.25) is 0 Å². The van der Waals surface area contributed by atoms with Crippen molar-refractivity contribution in [3.63, 3.8) is 0 Å². The summed E-state index contributed by atoms with van der Waals surface area (Å²) in [5.41, 5.74) is 0.269. The second-order valence-corrected chi connectivity index (χ2v) is 6.17. The number of likely N-dealkylation sites (tertiary alicyclic amines) is 2. The van der Waals surface area contributed by atoms with Gasteiger partial charge >= 0.3 is 12.6 Å². The number of urea groups is 1. The van der Waals surface area contributed by atoms with E-state index in [4.69, 9.17) is 0 Å². The zero-order valence-electron chi connectivity index (χ0n) is 13.0. The summed E-state index contributed by atoms with van der Waals surface area (Å²) in [5, 5.41) is 2.72. The molecular weight excluding hydrogens is 304 g/mol. The zero-order valence-corrected chi connectivity index (χ0v) is 13.0. The number of hydrogen-bond donors (Lipinski definition) is 1. The number of ether oxygens (including phenoxy) is 1. The molecule has 0 radical (unpaired) electrons. The smallest absolute Gasteiger partial charge is 0.387 e. The summed E-state index contributed by atoms with van der Waals surface area (Å²) >= 11 is 0. The Morgan fingerprint density at radius 3 is 2.83 bits per heavy atom. The molecule has 2 aliphatic rings. The number of carbonyl (C=O) groups excluding carboxylic acids is 1. The summed E-state index contributed by atoms with van der Waals surface area (Å²) < 4.78 is 29.4. The van der Waals surface area contributed by atoms with Gasteiger partial charge in [0.05, 0.1) is 5.69 Å². The maximum absolute atomic E-state index is 12.6. The maximum atomic E-state index is 12.6. The number of hydrogen-bond acceptors (Lipinski definition) is 3. The maximum Gasteiger partial charge on any atom is 0.387 e. The lowest BCUT2D eigenvalue weighted by Gasteiger charge is -2.36. The first kappa shape index (κ1) is 16.0. The van der Waals surface area contributed by atoms with Crippen molar-refractivity contribution >= 4 is 11.7 Å². The quantitative estimate of drug-likeness (QED) is 0.929. The minimum absolute atomic E-state index is 0.0210. The van der Waals surface area contributed by atoms with Gasteiger partial charge in [0.1, 0.15) is 5.75 Å². The average Bonchev–Trinajstić information content (AvgIpc) is 2.91. The van der Waals surface area contributed by atoms with Crippen molar-refractivity contribution in [2.45, 2.75) is 25.5 Å². The number of fused-ring (bicyclic) bond motifs is 1. The zero-order chi connectivity index (χ0) is 16.4. The summed E-state index contributed by atoms with van der Waals surface area (Å²) in [4.78, 5) is 16.6. The molecule has 0 unspecified atom stereocenters. The highest BCUT2D eigenvalue weighted by Gasteiger charge is 2.39. The van der Waals surface area contributed by atoms with Crippen molar-refractivity contribution in [2.24, 2.45) is 5.92 Å². The predicted octanol–water partition coefficient (Wildman–Crippen LogP) is 2.85. The van der Waals surface area contributed by atoms with Gasteiger partial charge in [0.2, 0.25) is 0 Å². The number of nitrogens with one attached hydrogen (secondary N) is 1. The van der Waals surface area contributed by atoms with Crippen LogP contribution in [0.4, 0.5) is 19.3 Å². The molecule has 2 heterocycles. The molecule has 0 bridgehead atoms. The van der Waals surface area contributed by atoms with Crippen LogP contribution in [0.3, 0.4) is 0 Å². The number of alkyl halides is 2. The Morgan fingerprint density at radius 2 is 2.04 bits per heavy atom. The van der Waals surface area contributed by atoms with Crippen molar-refractivity contribution in [1.29, 1.82) is 0 Å². The van der Waals surface area contributed by atoms with Crippen LogP contribution in [0.5, 0.6) is 5.75 Å². The minimum Gasteiger partial charge on any atom is -0.433 e. The number of halogens is 2. The molecule has 2 atom stereocenters. The Balaban J connectivity index is 1.70. The summed E-state index contributed by atoms with van der Waals surface area (Å²) in [6, 6.07) is 6.19. The fourth-order valence-corrected chi connectivity index (χ4v) is 3.51. The first-order chi connectivity index (χ1) is 11.0. The van der Waals surface area contributed by atoms with Crippen molar-refractivity contribution < 1.29 is 18.3 Å². The number of likely N-dealkylation sites (N-methyl/N-ethyl adjacent to an activating group) is 1. The molecule has 126 valence electrons. The van der Waals surface area contributed by atoms with E-state index in [1.807, 2.05) is 4.90 Å². The van der Waals surface area contributed by atoms with Crippen molar-refractivity contribution in [3.8, 4) is 5.75 Å². The molecule has 3 rings (SSSR count). The molecule has 0 aromatic heterocycles. The molecule has 0 aliphatic carbocycles. The van der Waals surface area contributed by atoms with Gasteiger partial charge in [-0.1, -0.05) is 12.1 Å². The lowest BCUT2D eigenvalue weighted by atomic mass is 9.92. The van der Waals surface area contributed by atoms with Crippen LogP contribution in [0.1, 0.15) is 12.8 Å². The summed E-state index contributed by atoms with van der Waals surface area (Å²) in [6.45, 7) is -0.307. The monoisotopic (exact) mass is 325 g/mol. The van der Waals surface area contributed by atoms with Crippen LogP contribution in [-0.4, -0.2) is 55.2 Å². The molecule has 2 aliphatic heterocycles. The lowest BCUT2D eigenvalue weighted by Crippen LogP contribution is -2.49. The molecule has 2 saturated heterocycles. The van der Waals surface area contributed by atoms with Gasteiger partial charge in [-0.2, -0.15) is 8.78 Å². The molecule has 1 N–H and O–H groups in total. The molecule has 2 fully saturated rings. The van der Waals surface area contributed by atoms with Crippen LogP contribution in [0.25, 0.3) is 0 Å². The summed E-state index contributed by atoms with van der Waals surface area (Å²) in [5.74, 6) is 0.511. The number of carbonyl (C=O) groups is 1. The molecular formula is C16H21F2N3O2. The molecule has 5 nitrogen and oxygen atoms in total. The summed E-state index contributed by atoms with van der Waals surface area (Å²) in [7, 11) is 2.05. The van der Waals surface area contributed by atoms with Gasteiger partial charge in [0, 0.05) is 19.1 Å². The van der Waals surface area contributed by atoms with Crippen LogP contribution in [0.15, 0.2) is 24.3 Å². The molecule has 0 saturated carbocycles. The fourth-order valence-electron chi connectivity index (χ4n) is 3.51. The van der Waals surface area contributed by atoms with E-state index in [2.05, 4.69) is 22.0 Å². The van der Waals surface area contributed by atoms with Crippen molar-refractivity contribution in [1.82, 2.24) is 9.80 Å². The van der Waals surface area contributed by atoms with Gasteiger partial charge < -0.3 is 19.9 Å². The number of benzene rings is 1. The van der Waals surface area contributed by atoms with Gasteiger partial charge in [0.15, 0.2) is 0 Å². The SMILES string of the molecule is CN1CC[C@@H]2CCN(C(=O)Nc3ccccc3OC(F)F)[C@@H]2C1. The standard InChI is InChI=1S/C16H21F2N3O2/c1-20-8-6-11-7-9-21(13(11)10-20)16(22)19-12-4-2-3-5-14(12)23-15(17)18/h2-5,11,13,15H,6-10H2,1H3,(H,19,22)/t11-,13-/m1/s1. The van der Waals surface area contributed by atoms with Crippen LogP contribution < -0.4 is 10.1 Å². The van der Waals surface area contributed by atoms with Crippen molar-refractivity contribution in [2.75, 3.05) is 32.0 Å². The predicted molar refractivity (Wildman–Crippen MR) is 82.8 cm³/mol. The van der Waals surface area contributed by atoms with E-state index in [9.17, 15) is 13.6 Å². The second-order valence-electron chi connectivity index (χ2n) is 6.17. The number of piperidine rings is 1. The molecule has 1 aromatic carbocycles. The second kappa shape index (κ2) is 6.70. The Hall–Kier alpha value is -1.89. The number of para-hydroxylation sites is 2. The van der Waals surface area contributed by atoms with Gasteiger partial charge in [-0.05, 0) is 44.5 Å². The Labute approximate surface area is 134 Å². The van der Waals surface area contributed by atoms with E-state index in [1.165, 1.54) is 6.07 Å². The number of rotatable bonds is 3. The van der Waals surface area contributed by atoms with Crippen molar-refractivity contribution in [3.05, 3.63) is 24.3 Å².